The first-order chi connectivity index (χ1) is 15.9. The number of hydrogen-bond acceptors (Lipinski definition) is 3. The fraction of sp³-hybridized carbons (Fsp3) is 0.154. The normalized spacial score (nSPS) is 11.8. The van der Waals surface area contributed by atoms with E-state index in [2.05, 4.69) is 10.3 Å². The molecule has 6 nitrogen and oxygen atoms in total. The van der Waals surface area contributed by atoms with E-state index in [0.717, 1.165) is 22.0 Å². The summed E-state index contributed by atoms with van der Waals surface area (Å²) >= 11 is 5.97. The number of carbonyl (C=O) groups excluding carboxylic acids is 2. The Hall–Kier alpha value is -3.77. The van der Waals surface area contributed by atoms with Gasteiger partial charge in [-0.05, 0) is 53.6 Å². The average molecular weight is 462 g/mol. The maximum atomic E-state index is 13.4. The van der Waals surface area contributed by atoms with Gasteiger partial charge in [0.05, 0.1) is 6.42 Å². The van der Waals surface area contributed by atoms with Gasteiger partial charge < -0.3 is 20.3 Å². The number of H-pyrrole nitrogens is 1. The van der Waals surface area contributed by atoms with Gasteiger partial charge in [0, 0.05) is 41.3 Å². The predicted octanol–water partition coefficient (Wildman–Crippen LogP) is 4.46. The zero-order valence-corrected chi connectivity index (χ0v) is 18.8. The first-order valence-corrected chi connectivity index (χ1v) is 10.9. The van der Waals surface area contributed by atoms with Gasteiger partial charge in [0.15, 0.2) is 0 Å². The van der Waals surface area contributed by atoms with Crippen molar-refractivity contribution in [2.24, 2.45) is 0 Å². The number of anilines is 1. The lowest BCUT2D eigenvalue weighted by molar-refractivity contribution is -0.127. The Morgan fingerprint density at radius 1 is 1.06 bits per heavy atom. The summed E-state index contributed by atoms with van der Waals surface area (Å²) in [5.41, 5.74) is 3.20. The van der Waals surface area contributed by atoms with Crippen LogP contribution in [-0.4, -0.2) is 35.0 Å². The lowest BCUT2D eigenvalue weighted by atomic mass is 10.0. The Morgan fingerprint density at radius 3 is 2.52 bits per heavy atom. The van der Waals surface area contributed by atoms with Crippen molar-refractivity contribution in [1.82, 2.24) is 10.3 Å². The van der Waals surface area contributed by atoms with Gasteiger partial charge in [-0.25, -0.2) is 0 Å². The summed E-state index contributed by atoms with van der Waals surface area (Å²) in [6.07, 6.45) is 2.18. The molecule has 1 aromatic heterocycles. The van der Waals surface area contributed by atoms with Crippen molar-refractivity contribution in [3.05, 3.63) is 95.1 Å². The Labute approximate surface area is 196 Å². The molecule has 1 atom stereocenters. The summed E-state index contributed by atoms with van der Waals surface area (Å²) in [4.78, 5) is 31.0. The highest BCUT2D eigenvalue weighted by atomic mass is 35.5. The van der Waals surface area contributed by atoms with Crippen molar-refractivity contribution in [2.45, 2.75) is 18.9 Å². The van der Waals surface area contributed by atoms with E-state index in [4.69, 9.17) is 11.6 Å². The van der Waals surface area contributed by atoms with Crippen LogP contribution in [0.3, 0.4) is 0 Å². The molecule has 3 aromatic carbocycles. The van der Waals surface area contributed by atoms with Crippen molar-refractivity contribution >= 4 is 40.0 Å². The smallest absolute Gasteiger partial charge is 0.249 e. The standard InChI is InChI=1S/C26H24ClN3O3/c1-30(20-9-7-19(27)8-10-20)26(33)24(13-17-5-3-2-4-6-17)29-25(32)14-18-16-28-23-12-11-21(31)15-22(18)23/h2-12,15-16,24,28,31H,13-14H2,1H3,(H,29,32)/t24-/m0/s1. The van der Waals surface area contributed by atoms with E-state index in [1.54, 1.807) is 55.7 Å². The minimum Gasteiger partial charge on any atom is -0.508 e. The maximum absolute atomic E-state index is 13.4. The Bertz CT molecular complexity index is 1270. The van der Waals surface area contributed by atoms with E-state index in [0.29, 0.717) is 17.1 Å². The highest BCUT2D eigenvalue weighted by Gasteiger charge is 2.25. The second kappa shape index (κ2) is 9.79. The largest absolute Gasteiger partial charge is 0.508 e. The van der Waals surface area contributed by atoms with Crippen molar-refractivity contribution < 1.29 is 14.7 Å². The number of benzene rings is 3. The summed E-state index contributed by atoms with van der Waals surface area (Å²) in [6.45, 7) is 0. The van der Waals surface area contributed by atoms with Crippen LogP contribution in [0.4, 0.5) is 5.69 Å². The van der Waals surface area contributed by atoms with Gasteiger partial charge >= 0.3 is 0 Å². The molecule has 0 aliphatic heterocycles. The van der Waals surface area contributed by atoms with Crippen LogP contribution < -0.4 is 10.2 Å². The van der Waals surface area contributed by atoms with Crippen LogP contribution in [0.25, 0.3) is 10.9 Å². The summed E-state index contributed by atoms with van der Waals surface area (Å²) in [6, 6.07) is 20.8. The fourth-order valence-electron chi connectivity index (χ4n) is 3.81. The lowest BCUT2D eigenvalue weighted by Gasteiger charge is -2.25. The number of hydrogen-bond donors (Lipinski definition) is 3. The quantitative estimate of drug-likeness (QED) is 0.380. The van der Waals surface area contributed by atoms with Gasteiger partial charge in [-0.15, -0.1) is 0 Å². The summed E-state index contributed by atoms with van der Waals surface area (Å²) in [7, 11) is 1.68. The molecule has 7 heteroatoms. The van der Waals surface area contributed by atoms with E-state index in [1.165, 1.54) is 4.90 Å². The van der Waals surface area contributed by atoms with Crippen molar-refractivity contribution in [1.29, 1.82) is 0 Å². The van der Waals surface area contributed by atoms with Crippen LogP contribution in [0.15, 0.2) is 79.0 Å². The third-order valence-electron chi connectivity index (χ3n) is 5.56. The van der Waals surface area contributed by atoms with Crippen LogP contribution in [0, 0.1) is 0 Å². The number of aromatic nitrogens is 1. The second-order valence-corrected chi connectivity index (χ2v) is 8.34. The molecule has 4 aromatic rings. The molecule has 0 aliphatic carbocycles. The second-order valence-electron chi connectivity index (χ2n) is 7.90. The maximum Gasteiger partial charge on any atom is 0.249 e. The molecule has 0 saturated heterocycles. The van der Waals surface area contributed by atoms with Gasteiger partial charge in [0.1, 0.15) is 11.8 Å². The summed E-state index contributed by atoms with van der Waals surface area (Å²) < 4.78 is 0. The Kier molecular flexibility index (Phi) is 6.66. The number of nitrogens with one attached hydrogen (secondary N) is 2. The van der Waals surface area contributed by atoms with Gasteiger partial charge in [-0.3, -0.25) is 9.59 Å². The molecule has 0 aliphatic rings. The number of nitrogens with zero attached hydrogens (tertiary/aromatic N) is 1. The molecular formula is C26H24ClN3O3. The van der Waals surface area contributed by atoms with Crippen LogP contribution in [0.2, 0.25) is 5.02 Å². The van der Waals surface area contributed by atoms with Gasteiger partial charge in [0.25, 0.3) is 0 Å². The van der Waals surface area contributed by atoms with Gasteiger partial charge in [-0.2, -0.15) is 0 Å². The Balaban J connectivity index is 1.54. The summed E-state index contributed by atoms with van der Waals surface area (Å²) in [5.74, 6) is -0.380. The summed E-state index contributed by atoms with van der Waals surface area (Å²) in [5, 5.41) is 14.1. The number of halogens is 1. The van der Waals surface area contributed by atoms with Crippen LogP contribution in [0.5, 0.6) is 5.75 Å². The number of amides is 2. The highest BCUT2D eigenvalue weighted by Crippen LogP contribution is 2.23. The van der Waals surface area contributed by atoms with E-state index >= 15 is 0 Å². The molecule has 0 unspecified atom stereocenters. The van der Waals surface area contributed by atoms with E-state index < -0.39 is 6.04 Å². The Morgan fingerprint density at radius 2 is 1.79 bits per heavy atom. The first-order valence-electron chi connectivity index (χ1n) is 10.6. The zero-order valence-electron chi connectivity index (χ0n) is 18.1. The van der Waals surface area contributed by atoms with Crippen molar-refractivity contribution in [3.8, 4) is 5.75 Å². The van der Waals surface area contributed by atoms with Gasteiger partial charge in [-0.1, -0.05) is 41.9 Å². The minimum atomic E-state index is -0.751. The van der Waals surface area contributed by atoms with E-state index in [-0.39, 0.29) is 24.0 Å². The van der Waals surface area contributed by atoms with Crippen LogP contribution >= 0.6 is 11.6 Å². The van der Waals surface area contributed by atoms with Crippen LogP contribution in [-0.2, 0) is 22.4 Å². The zero-order chi connectivity index (χ0) is 23.4. The molecule has 1 heterocycles. The highest BCUT2D eigenvalue weighted by molar-refractivity contribution is 6.30. The average Bonchev–Trinajstić information content (AvgIpc) is 3.20. The van der Waals surface area contributed by atoms with E-state index in [9.17, 15) is 14.7 Å². The minimum absolute atomic E-state index is 0.0761. The van der Waals surface area contributed by atoms with E-state index in [1.807, 2.05) is 30.3 Å². The number of phenols is 1. The number of aromatic hydroxyl groups is 1. The molecular weight excluding hydrogens is 438 g/mol. The lowest BCUT2D eigenvalue weighted by Crippen LogP contribution is -2.49. The number of phenolic OH excluding ortho intramolecular Hbond substituents is 1. The third-order valence-corrected chi connectivity index (χ3v) is 5.81. The topological polar surface area (TPSA) is 85.4 Å². The number of rotatable bonds is 7. The fourth-order valence-corrected chi connectivity index (χ4v) is 3.93. The number of carbonyl (C=O) groups is 2. The molecule has 33 heavy (non-hydrogen) atoms. The van der Waals surface area contributed by atoms with Crippen LogP contribution in [0.1, 0.15) is 11.1 Å². The molecule has 0 spiro atoms. The van der Waals surface area contributed by atoms with Gasteiger partial charge in [0.2, 0.25) is 11.8 Å². The molecule has 0 saturated carbocycles. The molecule has 0 bridgehead atoms. The number of aromatic amines is 1. The molecule has 2 amide bonds. The molecule has 0 fully saturated rings. The number of likely N-dealkylation sites (N-methyl/N-ethyl adjacent to an activating group) is 1. The molecule has 0 radical (unpaired) electrons. The van der Waals surface area contributed by atoms with Crippen molar-refractivity contribution in [2.75, 3.05) is 11.9 Å². The number of fused-ring (bicyclic) bond motifs is 1. The monoisotopic (exact) mass is 461 g/mol. The first kappa shape index (κ1) is 22.4. The third kappa shape index (κ3) is 5.35. The van der Waals surface area contributed by atoms with Crippen molar-refractivity contribution in [3.63, 3.8) is 0 Å². The SMILES string of the molecule is CN(C(=O)[C@H](Cc1ccccc1)NC(=O)Cc1c[nH]c2ccc(O)cc12)c1ccc(Cl)cc1. The predicted molar refractivity (Wildman–Crippen MR) is 131 cm³/mol. The molecule has 168 valence electrons. The molecule has 3 N–H and O–H groups in total. The molecule has 4 rings (SSSR count).